The summed E-state index contributed by atoms with van der Waals surface area (Å²) in [5.74, 6) is -0.0688. The Bertz CT molecular complexity index is 1340. The molecular formula is C36H47N3O5. The van der Waals surface area contributed by atoms with Gasteiger partial charge in [0.15, 0.2) is 0 Å². The molecule has 2 amide bonds. The smallest absolute Gasteiger partial charge is 0.258 e. The number of rotatable bonds is 8. The first-order valence-corrected chi connectivity index (χ1v) is 15.7. The van der Waals surface area contributed by atoms with Gasteiger partial charge in [-0.3, -0.25) is 14.5 Å². The maximum atomic E-state index is 14.3. The first-order valence-electron chi connectivity index (χ1n) is 15.7. The number of nitrogens with zero attached hydrogens (tertiary/aromatic N) is 2. The minimum absolute atomic E-state index is 0.0154. The van der Waals surface area contributed by atoms with Crippen LogP contribution >= 0.6 is 0 Å². The Kier molecular flexibility index (Phi) is 12.4. The fraction of sp³-hybridized carbons (Fsp3) is 0.444. The van der Waals surface area contributed by atoms with Gasteiger partial charge in [-0.05, 0) is 76.1 Å². The van der Waals surface area contributed by atoms with Crippen molar-refractivity contribution in [3.05, 3.63) is 95.6 Å². The number of ether oxygens (including phenoxy) is 2. The number of nitrogens with one attached hydrogen (secondary N) is 1. The van der Waals surface area contributed by atoms with Crippen LogP contribution in [0.1, 0.15) is 66.3 Å². The Balaban J connectivity index is 1.61. The molecule has 0 saturated carbocycles. The van der Waals surface area contributed by atoms with Crippen molar-refractivity contribution in [3.63, 3.8) is 0 Å². The van der Waals surface area contributed by atoms with Gasteiger partial charge in [0.2, 0.25) is 0 Å². The number of anilines is 1. The second kappa shape index (κ2) is 16.4. The summed E-state index contributed by atoms with van der Waals surface area (Å²) in [6.07, 6.45) is 2.42. The quantitative estimate of drug-likeness (QED) is 0.336. The number of hydrogen-bond acceptors (Lipinski definition) is 6. The zero-order valence-electron chi connectivity index (χ0n) is 26.4. The number of hydrogen-bond donors (Lipinski definition) is 2. The van der Waals surface area contributed by atoms with E-state index >= 15 is 0 Å². The third kappa shape index (κ3) is 9.39. The van der Waals surface area contributed by atoms with Crippen LogP contribution in [-0.2, 0) is 11.3 Å². The summed E-state index contributed by atoms with van der Waals surface area (Å²) < 4.78 is 12.8. The second-order valence-corrected chi connectivity index (χ2v) is 12.0. The molecule has 2 N–H and O–H groups in total. The van der Waals surface area contributed by atoms with Crippen LogP contribution in [-0.4, -0.2) is 78.3 Å². The summed E-state index contributed by atoms with van der Waals surface area (Å²) in [7, 11) is 2.09. The van der Waals surface area contributed by atoms with Crippen LogP contribution in [0, 0.1) is 5.92 Å². The van der Waals surface area contributed by atoms with Crippen LogP contribution < -0.4 is 10.1 Å². The SMILES string of the molecule is C[C@@H]1CN([C@H](C)CO)C(=O)c2cc(NC(=O)c3ccccc3)ccc2O[C@@H](C)CCCCO[C@H]1CN(C)Cc1ccccc1. The van der Waals surface area contributed by atoms with E-state index in [0.29, 0.717) is 42.3 Å². The standard InChI is InChI=1S/C36H47N3O5/c1-26-22-39(27(2)25-40)36(42)32-21-31(37-35(41)30-16-9-6-10-17-30)18-19-33(32)44-28(3)13-11-12-20-43-34(26)24-38(4)23-29-14-7-5-8-15-29/h5-10,14-19,21,26-28,34,40H,11-13,20,22-25H2,1-4H3,(H,37,41)/t26-,27-,28+,34+/m1/s1. The Morgan fingerprint density at radius 2 is 1.75 bits per heavy atom. The molecule has 0 radical (unpaired) electrons. The summed E-state index contributed by atoms with van der Waals surface area (Å²) >= 11 is 0. The molecule has 0 aromatic heterocycles. The number of aliphatic hydroxyl groups excluding tert-OH is 1. The number of fused-ring (bicyclic) bond motifs is 1. The zero-order chi connectivity index (χ0) is 31.5. The lowest BCUT2D eigenvalue weighted by Gasteiger charge is -2.36. The maximum absolute atomic E-state index is 14.3. The average molecular weight is 602 g/mol. The molecule has 4 rings (SSSR count). The van der Waals surface area contributed by atoms with E-state index in [4.69, 9.17) is 9.47 Å². The third-order valence-corrected chi connectivity index (χ3v) is 8.13. The van der Waals surface area contributed by atoms with E-state index in [1.165, 1.54) is 5.56 Å². The van der Waals surface area contributed by atoms with Crippen LogP contribution in [0.25, 0.3) is 0 Å². The molecule has 0 aliphatic carbocycles. The Hall–Kier alpha value is -3.72. The first-order chi connectivity index (χ1) is 21.2. The zero-order valence-corrected chi connectivity index (χ0v) is 26.4. The lowest BCUT2D eigenvalue weighted by molar-refractivity contribution is -0.0177. The fourth-order valence-corrected chi connectivity index (χ4v) is 5.52. The van der Waals surface area contributed by atoms with Crippen molar-refractivity contribution in [2.75, 3.05) is 38.7 Å². The topological polar surface area (TPSA) is 91.3 Å². The van der Waals surface area contributed by atoms with Crippen LogP contribution in [0.15, 0.2) is 78.9 Å². The molecular weight excluding hydrogens is 554 g/mol. The van der Waals surface area contributed by atoms with Crippen LogP contribution in [0.3, 0.4) is 0 Å². The van der Waals surface area contributed by atoms with Crippen molar-refractivity contribution in [2.24, 2.45) is 5.92 Å². The maximum Gasteiger partial charge on any atom is 0.258 e. The summed E-state index contributed by atoms with van der Waals surface area (Å²) in [5.41, 5.74) is 2.61. The van der Waals surface area contributed by atoms with Gasteiger partial charge in [0.1, 0.15) is 5.75 Å². The average Bonchev–Trinajstić information content (AvgIpc) is 3.03. The molecule has 3 aromatic carbocycles. The van der Waals surface area contributed by atoms with Crippen molar-refractivity contribution < 1.29 is 24.2 Å². The highest BCUT2D eigenvalue weighted by atomic mass is 16.5. The van der Waals surface area contributed by atoms with Crippen molar-refractivity contribution in [1.82, 2.24) is 9.80 Å². The van der Waals surface area contributed by atoms with Crippen molar-refractivity contribution in [1.29, 1.82) is 0 Å². The number of likely N-dealkylation sites (N-methyl/N-ethyl adjacent to an activating group) is 1. The van der Waals surface area contributed by atoms with E-state index in [-0.39, 0.29) is 36.5 Å². The molecule has 8 nitrogen and oxygen atoms in total. The fourth-order valence-electron chi connectivity index (χ4n) is 5.52. The molecule has 44 heavy (non-hydrogen) atoms. The first kappa shape index (κ1) is 33.2. The van der Waals surface area contributed by atoms with Crippen LogP contribution in [0.5, 0.6) is 5.75 Å². The van der Waals surface area contributed by atoms with Gasteiger partial charge < -0.3 is 24.8 Å². The van der Waals surface area contributed by atoms with Gasteiger partial charge in [-0.2, -0.15) is 0 Å². The third-order valence-electron chi connectivity index (χ3n) is 8.13. The van der Waals surface area contributed by atoms with Crippen molar-refractivity contribution >= 4 is 17.5 Å². The predicted octanol–water partition coefficient (Wildman–Crippen LogP) is 5.87. The molecule has 0 bridgehead atoms. The Labute approximate surface area is 262 Å². The normalized spacial score (nSPS) is 20.7. The summed E-state index contributed by atoms with van der Waals surface area (Å²) in [6.45, 7) is 8.28. The van der Waals surface area contributed by atoms with Gasteiger partial charge in [-0.1, -0.05) is 55.5 Å². The molecule has 0 saturated heterocycles. The second-order valence-electron chi connectivity index (χ2n) is 12.0. The van der Waals surface area contributed by atoms with E-state index in [1.54, 1.807) is 35.2 Å². The molecule has 1 aliphatic rings. The number of benzene rings is 3. The Morgan fingerprint density at radius 1 is 1.05 bits per heavy atom. The minimum Gasteiger partial charge on any atom is -0.490 e. The number of amides is 2. The molecule has 236 valence electrons. The van der Waals surface area contributed by atoms with Gasteiger partial charge >= 0.3 is 0 Å². The van der Waals surface area contributed by atoms with E-state index in [1.807, 2.05) is 50.2 Å². The lowest BCUT2D eigenvalue weighted by atomic mass is 10.0. The van der Waals surface area contributed by atoms with Gasteiger partial charge in [-0.15, -0.1) is 0 Å². The molecule has 0 spiro atoms. The van der Waals surface area contributed by atoms with E-state index < -0.39 is 6.04 Å². The van der Waals surface area contributed by atoms with E-state index in [9.17, 15) is 14.7 Å². The minimum atomic E-state index is -0.437. The number of carbonyl (C=O) groups excluding carboxylic acids is 2. The summed E-state index contributed by atoms with van der Waals surface area (Å²) in [6, 6.07) is 24.1. The monoisotopic (exact) mass is 601 g/mol. The number of aliphatic hydroxyl groups is 1. The van der Waals surface area contributed by atoms with E-state index in [2.05, 4.69) is 36.3 Å². The van der Waals surface area contributed by atoms with Gasteiger partial charge in [0.25, 0.3) is 11.8 Å². The molecule has 3 aromatic rings. The highest BCUT2D eigenvalue weighted by Crippen LogP contribution is 2.29. The van der Waals surface area contributed by atoms with Gasteiger partial charge in [0, 0.05) is 43.4 Å². The molecule has 1 heterocycles. The van der Waals surface area contributed by atoms with Crippen molar-refractivity contribution in [3.8, 4) is 5.75 Å². The largest absolute Gasteiger partial charge is 0.490 e. The molecule has 8 heteroatoms. The molecule has 0 fully saturated rings. The highest BCUT2D eigenvalue weighted by Gasteiger charge is 2.30. The predicted molar refractivity (Wildman–Crippen MR) is 174 cm³/mol. The van der Waals surface area contributed by atoms with Gasteiger partial charge in [0.05, 0.1) is 30.4 Å². The lowest BCUT2D eigenvalue weighted by Crippen LogP contribution is -2.47. The van der Waals surface area contributed by atoms with E-state index in [0.717, 1.165) is 25.8 Å². The van der Waals surface area contributed by atoms with Crippen LogP contribution in [0.2, 0.25) is 0 Å². The Morgan fingerprint density at radius 3 is 2.45 bits per heavy atom. The van der Waals surface area contributed by atoms with Gasteiger partial charge in [-0.25, -0.2) is 0 Å². The molecule has 0 unspecified atom stereocenters. The van der Waals surface area contributed by atoms with Crippen molar-refractivity contribution in [2.45, 2.75) is 64.8 Å². The highest BCUT2D eigenvalue weighted by molar-refractivity contribution is 6.05. The molecule has 4 atom stereocenters. The number of carbonyl (C=O) groups is 2. The summed E-state index contributed by atoms with van der Waals surface area (Å²) in [4.78, 5) is 31.2. The molecule has 1 aliphatic heterocycles. The van der Waals surface area contributed by atoms with Crippen LogP contribution in [0.4, 0.5) is 5.69 Å². The summed E-state index contributed by atoms with van der Waals surface area (Å²) in [5, 5.41) is 13.1.